The van der Waals surface area contributed by atoms with Crippen LogP contribution in [0, 0.1) is 0 Å². The van der Waals surface area contributed by atoms with E-state index in [-0.39, 0.29) is 6.54 Å². The molecule has 0 aliphatic heterocycles. The lowest BCUT2D eigenvalue weighted by molar-refractivity contribution is 0.120. The van der Waals surface area contributed by atoms with Gasteiger partial charge >= 0.3 is 0 Å². The maximum absolute atomic E-state index is 11.9. The maximum atomic E-state index is 11.9. The molecule has 62 valence electrons. The summed E-state index contributed by atoms with van der Waals surface area (Å²) in [7, 11) is 0. The molecule has 0 spiro atoms. The van der Waals surface area contributed by atoms with Gasteiger partial charge in [0.1, 0.15) is 6.54 Å². The van der Waals surface area contributed by atoms with Gasteiger partial charge in [-0.05, 0) is 12.5 Å². The van der Waals surface area contributed by atoms with Crippen LogP contribution in [0.5, 0.6) is 0 Å². The van der Waals surface area contributed by atoms with E-state index in [1.807, 2.05) is 6.92 Å². The van der Waals surface area contributed by atoms with Crippen LogP contribution >= 0.6 is 0 Å². The van der Waals surface area contributed by atoms with Crippen molar-refractivity contribution in [2.45, 2.75) is 26.3 Å². The number of hydrogen-bond donors (Lipinski definition) is 0. The maximum Gasteiger partial charge on any atom is 0.257 e. The fraction of sp³-hybridized carbons (Fsp3) is 0.571. The molecule has 0 amide bonds. The Morgan fingerprint density at radius 2 is 2.36 bits per heavy atom. The normalized spacial score (nSPS) is 10.9. The van der Waals surface area contributed by atoms with E-state index < -0.39 is 6.43 Å². The van der Waals surface area contributed by atoms with Gasteiger partial charge in [-0.1, -0.05) is 6.92 Å². The van der Waals surface area contributed by atoms with Gasteiger partial charge in [-0.25, -0.2) is 8.78 Å². The van der Waals surface area contributed by atoms with E-state index >= 15 is 0 Å². The number of halogens is 2. The molecule has 0 fully saturated rings. The Hall–Kier alpha value is -0.930. The molecule has 4 heteroatoms. The van der Waals surface area contributed by atoms with Crippen molar-refractivity contribution >= 4 is 0 Å². The standard InChI is InChI=1S/C7H10F2N2/c1-2-6-3-4-10-11(6)5-7(8)9/h3-4,7H,2,5H2,1H3. The second-order valence-corrected chi connectivity index (χ2v) is 2.25. The summed E-state index contributed by atoms with van der Waals surface area (Å²) >= 11 is 0. The number of nitrogens with zero attached hydrogens (tertiary/aromatic N) is 2. The van der Waals surface area contributed by atoms with E-state index in [0.29, 0.717) is 0 Å². The summed E-state index contributed by atoms with van der Waals surface area (Å²) in [6.07, 6.45) is -0.0336. The Labute approximate surface area is 63.8 Å². The topological polar surface area (TPSA) is 17.8 Å². The number of aryl methyl sites for hydroxylation is 1. The monoisotopic (exact) mass is 160 g/mol. The van der Waals surface area contributed by atoms with Crippen molar-refractivity contribution in [2.24, 2.45) is 0 Å². The van der Waals surface area contributed by atoms with E-state index in [9.17, 15) is 8.78 Å². The van der Waals surface area contributed by atoms with E-state index in [4.69, 9.17) is 0 Å². The first-order valence-electron chi connectivity index (χ1n) is 3.53. The van der Waals surface area contributed by atoms with Crippen LogP contribution in [-0.4, -0.2) is 16.2 Å². The van der Waals surface area contributed by atoms with Crippen LogP contribution < -0.4 is 0 Å². The lowest BCUT2D eigenvalue weighted by Gasteiger charge is -2.03. The largest absolute Gasteiger partial charge is 0.264 e. The SMILES string of the molecule is CCc1ccnn1CC(F)F. The zero-order chi connectivity index (χ0) is 8.27. The molecule has 1 aromatic heterocycles. The van der Waals surface area contributed by atoms with E-state index in [0.717, 1.165) is 12.1 Å². The van der Waals surface area contributed by atoms with Gasteiger partial charge in [0.05, 0.1) is 0 Å². The zero-order valence-electron chi connectivity index (χ0n) is 6.30. The van der Waals surface area contributed by atoms with Crippen molar-refractivity contribution in [3.8, 4) is 0 Å². The molecular weight excluding hydrogens is 150 g/mol. The van der Waals surface area contributed by atoms with Crippen molar-refractivity contribution < 1.29 is 8.78 Å². The second-order valence-electron chi connectivity index (χ2n) is 2.25. The highest BCUT2D eigenvalue weighted by molar-refractivity contribution is 4.99. The van der Waals surface area contributed by atoms with Gasteiger partial charge in [-0.3, -0.25) is 4.68 Å². The van der Waals surface area contributed by atoms with Gasteiger partial charge in [0.15, 0.2) is 0 Å². The predicted molar refractivity (Wildman–Crippen MR) is 37.6 cm³/mol. The van der Waals surface area contributed by atoms with Gasteiger partial charge in [-0.2, -0.15) is 5.10 Å². The number of hydrogen-bond acceptors (Lipinski definition) is 1. The minimum absolute atomic E-state index is 0.295. The van der Waals surface area contributed by atoms with Gasteiger partial charge in [0.2, 0.25) is 0 Å². The highest BCUT2D eigenvalue weighted by atomic mass is 19.3. The molecule has 0 aromatic carbocycles. The first-order valence-corrected chi connectivity index (χ1v) is 3.53. The average Bonchev–Trinajstić information content (AvgIpc) is 2.34. The summed E-state index contributed by atoms with van der Waals surface area (Å²) < 4.78 is 25.0. The molecular formula is C7H10F2N2. The van der Waals surface area contributed by atoms with Crippen LogP contribution in [0.25, 0.3) is 0 Å². The first kappa shape index (κ1) is 8.17. The molecule has 0 unspecified atom stereocenters. The minimum atomic E-state index is -2.32. The van der Waals surface area contributed by atoms with Crippen molar-refractivity contribution in [2.75, 3.05) is 0 Å². The van der Waals surface area contributed by atoms with Gasteiger partial charge in [0.25, 0.3) is 6.43 Å². The summed E-state index contributed by atoms with van der Waals surface area (Å²) in [6, 6.07) is 1.75. The van der Waals surface area contributed by atoms with Crippen LogP contribution in [0.3, 0.4) is 0 Å². The fourth-order valence-electron chi connectivity index (χ4n) is 0.956. The lowest BCUT2D eigenvalue weighted by atomic mass is 10.3. The van der Waals surface area contributed by atoms with Crippen LogP contribution in [-0.2, 0) is 13.0 Å². The Balaban J connectivity index is 2.68. The fourth-order valence-corrected chi connectivity index (χ4v) is 0.956. The number of rotatable bonds is 3. The van der Waals surface area contributed by atoms with Gasteiger partial charge in [0, 0.05) is 11.9 Å². The number of alkyl halides is 2. The molecule has 1 rings (SSSR count). The molecule has 0 saturated carbocycles. The molecule has 1 heterocycles. The molecule has 0 aliphatic rings. The number of aromatic nitrogens is 2. The Morgan fingerprint density at radius 3 is 2.91 bits per heavy atom. The van der Waals surface area contributed by atoms with E-state index in [1.165, 1.54) is 4.68 Å². The van der Waals surface area contributed by atoms with Crippen molar-refractivity contribution in [3.05, 3.63) is 18.0 Å². The molecule has 2 nitrogen and oxygen atoms in total. The quantitative estimate of drug-likeness (QED) is 0.658. The Bertz CT molecular complexity index is 220. The molecule has 0 bridgehead atoms. The lowest BCUT2D eigenvalue weighted by Crippen LogP contribution is -2.10. The smallest absolute Gasteiger partial charge is 0.257 e. The van der Waals surface area contributed by atoms with E-state index in [1.54, 1.807) is 12.3 Å². The van der Waals surface area contributed by atoms with Gasteiger partial charge in [-0.15, -0.1) is 0 Å². The van der Waals surface area contributed by atoms with Crippen LogP contribution in [0.1, 0.15) is 12.6 Å². The minimum Gasteiger partial charge on any atom is -0.264 e. The van der Waals surface area contributed by atoms with Crippen LogP contribution in [0.2, 0.25) is 0 Å². The van der Waals surface area contributed by atoms with Crippen LogP contribution in [0.15, 0.2) is 12.3 Å². The van der Waals surface area contributed by atoms with Crippen molar-refractivity contribution in [3.63, 3.8) is 0 Å². The predicted octanol–water partition coefficient (Wildman–Crippen LogP) is 1.71. The summed E-state index contributed by atoms with van der Waals surface area (Å²) in [6.45, 7) is 1.62. The zero-order valence-corrected chi connectivity index (χ0v) is 6.30. The Morgan fingerprint density at radius 1 is 1.64 bits per heavy atom. The molecule has 0 atom stereocenters. The molecule has 11 heavy (non-hydrogen) atoms. The molecule has 1 aromatic rings. The van der Waals surface area contributed by atoms with Gasteiger partial charge < -0.3 is 0 Å². The highest BCUT2D eigenvalue weighted by Crippen LogP contribution is 2.03. The third-order valence-electron chi connectivity index (χ3n) is 1.48. The molecule has 0 N–H and O–H groups in total. The molecule has 0 aliphatic carbocycles. The highest BCUT2D eigenvalue weighted by Gasteiger charge is 2.06. The third-order valence-corrected chi connectivity index (χ3v) is 1.48. The second kappa shape index (κ2) is 3.46. The van der Waals surface area contributed by atoms with Crippen molar-refractivity contribution in [1.29, 1.82) is 0 Å². The average molecular weight is 160 g/mol. The first-order chi connectivity index (χ1) is 5.24. The van der Waals surface area contributed by atoms with E-state index in [2.05, 4.69) is 5.10 Å². The third kappa shape index (κ3) is 2.00. The summed E-state index contributed by atoms with van der Waals surface area (Å²) in [5.41, 5.74) is 0.852. The summed E-state index contributed by atoms with van der Waals surface area (Å²) in [5, 5.41) is 3.76. The summed E-state index contributed by atoms with van der Waals surface area (Å²) in [5.74, 6) is 0. The molecule has 0 radical (unpaired) electrons. The van der Waals surface area contributed by atoms with Crippen molar-refractivity contribution in [1.82, 2.24) is 9.78 Å². The summed E-state index contributed by atoms with van der Waals surface area (Å²) in [4.78, 5) is 0. The van der Waals surface area contributed by atoms with Crippen LogP contribution in [0.4, 0.5) is 8.78 Å². The molecule has 0 saturated heterocycles. The Kier molecular flexibility index (Phi) is 2.57.